The first kappa shape index (κ1) is 27.1. The quantitative estimate of drug-likeness (QED) is 0.174. The Kier molecular flexibility index (Phi) is 5.76. The van der Waals surface area contributed by atoms with Crippen molar-refractivity contribution >= 4 is 75.4 Å². The van der Waals surface area contributed by atoms with Crippen LogP contribution < -0.4 is 8.79 Å². The van der Waals surface area contributed by atoms with E-state index in [1.165, 1.54) is 62.0 Å². The molecule has 0 saturated carbocycles. The minimum absolute atomic E-state index is 0.785. The van der Waals surface area contributed by atoms with Gasteiger partial charge in [0.2, 0.25) is 0 Å². The third-order valence-electron chi connectivity index (χ3n) is 9.98. The number of benzene rings is 6. The topological polar surface area (TPSA) is 30.7 Å². The summed E-state index contributed by atoms with van der Waals surface area (Å²) in [7, 11) is 0. The molecule has 0 radical (unpaired) electrons. The fourth-order valence-corrected chi connectivity index (χ4v) is 15.8. The van der Waals surface area contributed by atoms with E-state index in [9.17, 15) is 0 Å². The van der Waals surface area contributed by atoms with Crippen LogP contribution in [0.15, 0.2) is 140 Å². The number of para-hydroxylation sites is 1. The van der Waals surface area contributed by atoms with E-state index in [-0.39, 0.29) is 0 Å². The maximum atomic E-state index is 5.33. The van der Waals surface area contributed by atoms with Gasteiger partial charge in [-0.2, -0.15) is 0 Å². The first-order chi connectivity index (χ1) is 23.1. The van der Waals surface area contributed by atoms with E-state index in [0.29, 0.717) is 0 Å². The van der Waals surface area contributed by atoms with E-state index >= 15 is 0 Å². The second kappa shape index (κ2) is 9.98. The van der Waals surface area contributed by atoms with Crippen molar-refractivity contribution in [3.63, 3.8) is 0 Å². The molecule has 0 bridgehead atoms. The minimum atomic E-state index is -2.90. The molecule has 47 heavy (non-hydrogen) atoms. The molecule has 1 aliphatic heterocycles. The van der Waals surface area contributed by atoms with Gasteiger partial charge in [0.25, 0.3) is 0 Å². The third kappa shape index (κ3) is 3.86. The van der Waals surface area contributed by atoms with Crippen molar-refractivity contribution in [2.75, 3.05) is 0 Å². The molecule has 222 valence electrons. The van der Waals surface area contributed by atoms with Crippen molar-refractivity contribution in [2.24, 2.45) is 0 Å². The normalized spacial score (nSPS) is 13.5. The van der Waals surface area contributed by atoms with Gasteiger partial charge >= 0.3 is 281 Å². The Morgan fingerprint density at radius 1 is 0.574 bits per heavy atom. The molecule has 0 spiro atoms. The van der Waals surface area contributed by atoms with Gasteiger partial charge in [-0.1, -0.05) is 0 Å². The summed E-state index contributed by atoms with van der Waals surface area (Å²) in [5.74, 6) is 5.82. The van der Waals surface area contributed by atoms with Crippen LogP contribution in [-0.2, 0) is 0 Å². The van der Waals surface area contributed by atoms with Crippen molar-refractivity contribution in [2.45, 2.75) is 11.5 Å². The molecule has 3 aromatic heterocycles. The second-order valence-electron chi connectivity index (χ2n) is 13.0. The van der Waals surface area contributed by atoms with E-state index < -0.39 is 13.3 Å². The van der Waals surface area contributed by atoms with Gasteiger partial charge in [0.15, 0.2) is 0 Å². The summed E-state index contributed by atoms with van der Waals surface area (Å²) in [5.41, 5.74) is 9.40. The van der Waals surface area contributed by atoms with Crippen LogP contribution in [0.25, 0.3) is 81.6 Å². The fourth-order valence-electron chi connectivity index (χ4n) is 7.80. The van der Waals surface area contributed by atoms with Crippen molar-refractivity contribution in [1.29, 1.82) is 0 Å². The summed E-state index contributed by atoms with van der Waals surface area (Å²) >= 11 is -0.996. The van der Waals surface area contributed by atoms with E-state index in [1.807, 2.05) is 17.4 Å². The molecule has 0 aliphatic carbocycles. The van der Waals surface area contributed by atoms with Gasteiger partial charge in [-0.15, -0.1) is 0 Å². The van der Waals surface area contributed by atoms with E-state index in [4.69, 9.17) is 9.97 Å². The first-order valence-electron chi connectivity index (χ1n) is 16.1. The molecule has 0 saturated heterocycles. The molecule has 0 atom stereocenters. The number of nitrogens with zero attached hydrogens (tertiary/aromatic N) is 3. The Balaban J connectivity index is 1.26. The molecule has 10 rings (SSSR count). The summed E-state index contributed by atoms with van der Waals surface area (Å²) in [6, 6.07) is 50.5. The van der Waals surface area contributed by atoms with Gasteiger partial charge < -0.3 is 0 Å². The predicted octanol–water partition coefficient (Wildman–Crippen LogP) is 10.1. The van der Waals surface area contributed by atoms with Crippen molar-refractivity contribution in [1.82, 2.24) is 14.5 Å². The Labute approximate surface area is 279 Å². The van der Waals surface area contributed by atoms with Crippen molar-refractivity contribution < 1.29 is 0 Å². The van der Waals surface area contributed by atoms with Crippen molar-refractivity contribution in [3.8, 4) is 39.6 Å². The molecular formula is C42H29GeN3S. The third-order valence-corrected chi connectivity index (χ3v) is 18.5. The average Bonchev–Trinajstić information content (AvgIpc) is 3.74. The SMILES string of the molecule is [CH3][Ge]1([CH3])[c]2cc(-n3c4ccccc4c4ccc5c6ccccc6sc5c43)ccc2-c2nc(-c3ccccc3)nc(-c3ccccc3)[c]21. The van der Waals surface area contributed by atoms with Gasteiger partial charge in [-0.05, 0) is 0 Å². The Bertz CT molecular complexity index is 2710. The van der Waals surface area contributed by atoms with Gasteiger partial charge in [-0.3, -0.25) is 0 Å². The van der Waals surface area contributed by atoms with Gasteiger partial charge in [0, 0.05) is 0 Å². The number of rotatable bonds is 3. The molecule has 0 N–H and O–H groups in total. The molecule has 0 fully saturated rings. The van der Waals surface area contributed by atoms with Crippen LogP contribution in [0.3, 0.4) is 0 Å². The van der Waals surface area contributed by atoms with Crippen LogP contribution in [0.1, 0.15) is 0 Å². The summed E-state index contributed by atoms with van der Waals surface area (Å²) < 4.78 is 8.02. The predicted molar refractivity (Wildman–Crippen MR) is 202 cm³/mol. The van der Waals surface area contributed by atoms with Crippen LogP contribution in [-0.4, -0.2) is 27.8 Å². The number of thiophene rings is 1. The van der Waals surface area contributed by atoms with Gasteiger partial charge in [-0.25, -0.2) is 0 Å². The van der Waals surface area contributed by atoms with E-state index in [1.54, 1.807) is 0 Å². The maximum absolute atomic E-state index is 5.33. The molecule has 5 heteroatoms. The monoisotopic (exact) mass is 681 g/mol. The number of hydrogen-bond donors (Lipinski definition) is 0. The molecule has 3 nitrogen and oxygen atoms in total. The van der Waals surface area contributed by atoms with Crippen LogP contribution in [0, 0.1) is 0 Å². The van der Waals surface area contributed by atoms with E-state index in [0.717, 1.165) is 28.3 Å². The van der Waals surface area contributed by atoms with Crippen LogP contribution in [0.5, 0.6) is 0 Å². The summed E-state index contributed by atoms with van der Waals surface area (Å²) in [4.78, 5) is 10.6. The van der Waals surface area contributed by atoms with Crippen LogP contribution in [0.2, 0.25) is 11.5 Å². The molecular weight excluding hydrogens is 651 g/mol. The summed E-state index contributed by atoms with van der Waals surface area (Å²) in [6.45, 7) is 0. The zero-order valence-electron chi connectivity index (χ0n) is 26.0. The second-order valence-corrected chi connectivity index (χ2v) is 23.0. The van der Waals surface area contributed by atoms with Crippen molar-refractivity contribution in [3.05, 3.63) is 140 Å². The summed E-state index contributed by atoms with van der Waals surface area (Å²) in [6.07, 6.45) is 0. The Hall–Kier alpha value is -5.04. The number of aromatic nitrogens is 3. The Morgan fingerprint density at radius 3 is 2.04 bits per heavy atom. The summed E-state index contributed by atoms with van der Waals surface area (Å²) in [5, 5.41) is 5.24. The standard InChI is InChI=1S/C42H29GeN3S/c1-43(2)34-25-28(46-35-19-11-9-17-29(35)31-23-24-32-30-18-10-12-20-36(30)47-41(32)40(31)46)21-22-33(34)39-37(43)38(26-13-5-3-6-14-26)44-42(45-39)27-15-7-4-8-16-27/h3-25H,1-2H3. The van der Waals surface area contributed by atoms with Gasteiger partial charge in [0.1, 0.15) is 0 Å². The molecule has 9 aromatic rings. The van der Waals surface area contributed by atoms with Crippen LogP contribution >= 0.6 is 11.3 Å². The molecule has 6 aromatic carbocycles. The fraction of sp³-hybridized carbons (Fsp3) is 0.0476. The zero-order chi connectivity index (χ0) is 31.3. The molecule has 0 amide bonds. The molecule has 4 heterocycles. The van der Waals surface area contributed by atoms with E-state index in [2.05, 4.69) is 150 Å². The molecule has 0 unspecified atom stereocenters. The number of fused-ring (bicyclic) bond motifs is 10. The average molecular weight is 680 g/mol. The van der Waals surface area contributed by atoms with Gasteiger partial charge in [0.05, 0.1) is 0 Å². The Morgan fingerprint density at radius 2 is 1.23 bits per heavy atom. The number of hydrogen-bond acceptors (Lipinski definition) is 3. The zero-order valence-corrected chi connectivity index (χ0v) is 28.9. The first-order valence-corrected chi connectivity index (χ1v) is 23.2. The molecule has 1 aliphatic rings. The van der Waals surface area contributed by atoms with Crippen LogP contribution in [0.4, 0.5) is 0 Å².